The maximum Gasteiger partial charge on any atom is 0.164 e. The van der Waals surface area contributed by atoms with E-state index in [1.54, 1.807) is 12.1 Å². The molecule has 0 amide bonds. The molecule has 9 aromatic rings. The van der Waals surface area contributed by atoms with Gasteiger partial charge in [0, 0.05) is 27.5 Å². The molecule has 2 aromatic heterocycles. The van der Waals surface area contributed by atoms with Crippen molar-refractivity contribution in [2.45, 2.75) is 0 Å². The SMILES string of the molecule is [2H]c1cc2c(oc3c([2H])c([2H])c([2H])c(-c4nc(-c5ccc(-c6cc7ccccc7c7ccccc67)cc5)nc(-c5c([2H])c([2H])c([2H])c([2H])c5[2H])n4)c32)c([2H])c1[2H]. The van der Waals surface area contributed by atoms with Gasteiger partial charge in [0.05, 0.1) is 15.1 Å². The first-order valence-electron chi connectivity index (χ1n) is 19.6. The average Bonchev–Trinajstić information content (AvgIpc) is 3.59. The van der Waals surface area contributed by atoms with Crippen LogP contribution in [0, 0.1) is 0 Å². The molecule has 4 nitrogen and oxygen atoms in total. The average molecular weight is 587 g/mol. The van der Waals surface area contributed by atoms with Crippen molar-refractivity contribution in [2.24, 2.45) is 0 Å². The van der Waals surface area contributed by atoms with Gasteiger partial charge >= 0.3 is 0 Å². The highest BCUT2D eigenvalue weighted by molar-refractivity contribution is 6.14. The normalized spacial score (nSPS) is 15.0. The number of hydrogen-bond donors (Lipinski definition) is 0. The minimum atomic E-state index is -0.606. The predicted octanol–water partition coefficient (Wildman–Crippen LogP) is 10.7. The van der Waals surface area contributed by atoms with E-state index in [1.165, 1.54) is 6.07 Å². The zero-order valence-corrected chi connectivity index (χ0v) is 23.3. The number of nitrogens with zero attached hydrogens (tertiary/aromatic N) is 3. The lowest BCUT2D eigenvalue weighted by molar-refractivity contribution is 0.669. The fourth-order valence-electron chi connectivity index (χ4n) is 5.77. The minimum Gasteiger partial charge on any atom is -0.456 e. The Bertz CT molecular complexity index is 3140. The van der Waals surface area contributed by atoms with Gasteiger partial charge in [-0.15, -0.1) is 0 Å². The molecule has 0 bridgehead atoms. The van der Waals surface area contributed by atoms with Crippen LogP contribution in [-0.4, -0.2) is 15.0 Å². The molecule has 45 heavy (non-hydrogen) atoms. The molecule has 210 valence electrons. The van der Waals surface area contributed by atoms with Crippen LogP contribution in [0.25, 0.3) is 88.8 Å². The van der Waals surface area contributed by atoms with E-state index < -0.39 is 60.4 Å². The summed E-state index contributed by atoms with van der Waals surface area (Å²) in [5, 5.41) is 4.53. The van der Waals surface area contributed by atoms with Crippen LogP contribution in [0.3, 0.4) is 0 Å². The van der Waals surface area contributed by atoms with Gasteiger partial charge in [-0.25, -0.2) is 15.0 Å². The molecule has 0 spiro atoms. The van der Waals surface area contributed by atoms with E-state index >= 15 is 0 Å². The maximum absolute atomic E-state index is 9.06. The van der Waals surface area contributed by atoms with Gasteiger partial charge in [-0.2, -0.15) is 0 Å². The van der Waals surface area contributed by atoms with Crippen molar-refractivity contribution in [2.75, 3.05) is 0 Å². The quantitative estimate of drug-likeness (QED) is 0.193. The second-order valence-electron chi connectivity index (χ2n) is 10.4. The molecular weight excluding hydrogens is 550 g/mol. The number of para-hydroxylation sites is 1. The summed E-state index contributed by atoms with van der Waals surface area (Å²) in [5.41, 5.74) is 1.60. The molecule has 0 saturated heterocycles. The van der Waals surface area contributed by atoms with Crippen molar-refractivity contribution < 1.29 is 19.5 Å². The molecule has 0 unspecified atom stereocenters. The molecule has 0 fully saturated rings. The topological polar surface area (TPSA) is 51.8 Å². The van der Waals surface area contributed by atoms with Crippen molar-refractivity contribution in [1.29, 1.82) is 0 Å². The van der Waals surface area contributed by atoms with Crippen LogP contribution >= 0.6 is 0 Å². The predicted molar refractivity (Wildman–Crippen MR) is 184 cm³/mol. The first kappa shape index (κ1) is 16.6. The number of benzene rings is 7. The van der Waals surface area contributed by atoms with E-state index in [2.05, 4.69) is 40.3 Å². The lowest BCUT2D eigenvalue weighted by atomic mass is 9.93. The third-order valence-electron chi connectivity index (χ3n) is 7.83. The molecule has 9 rings (SSSR count). The number of furan rings is 1. The minimum absolute atomic E-state index is 0.0179. The molecule has 0 saturated carbocycles. The summed E-state index contributed by atoms with van der Waals surface area (Å²) in [7, 11) is 0. The fraction of sp³-hybridized carbons (Fsp3) is 0. The second kappa shape index (κ2) is 10.2. The summed E-state index contributed by atoms with van der Waals surface area (Å²) in [6.45, 7) is 0. The van der Waals surface area contributed by atoms with Crippen LogP contribution < -0.4 is 0 Å². The lowest BCUT2D eigenvalue weighted by Gasteiger charge is -2.12. The molecule has 0 atom stereocenters. The molecule has 0 aliphatic heterocycles. The Balaban J connectivity index is 1.32. The summed E-state index contributed by atoms with van der Waals surface area (Å²) in [6.07, 6.45) is 0. The monoisotopic (exact) mass is 586 g/mol. The summed E-state index contributed by atoms with van der Waals surface area (Å²) in [4.78, 5) is 13.9. The van der Waals surface area contributed by atoms with Crippen LogP contribution in [0.4, 0.5) is 0 Å². The van der Waals surface area contributed by atoms with E-state index in [9.17, 15) is 0 Å². The van der Waals surface area contributed by atoms with Gasteiger partial charge in [-0.1, -0.05) is 133 Å². The molecule has 0 N–H and O–H groups in total. The standard InChI is InChI=1S/C41H25N3O/c1-2-11-27(12-3-1)39-42-40(44-41(43-39)34-18-10-20-37-38(34)33-17-8-9-19-36(33)45-37)28-23-21-26(22-24-28)35-25-29-13-4-5-14-30(29)31-15-6-7-16-32(31)35/h1-25H/i1D,2D,3D,8D,9D,10D,11D,12D,18D,19D,20D. The van der Waals surface area contributed by atoms with Crippen molar-refractivity contribution in [1.82, 2.24) is 15.0 Å². The van der Waals surface area contributed by atoms with Crippen LogP contribution in [0.1, 0.15) is 15.1 Å². The number of hydrogen-bond acceptors (Lipinski definition) is 4. The first-order chi connectivity index (χ1) is 26.8. The van der Waals surface area contributed by atoms with Crippen LogP contribution in [-0.2, 0) is 0 Å². The number of rotatable bonds is 4. The van der Waals surface area contributed by atoms with Crippen molar-refractivity contribution in [3.8, 4) is 45.3 Å². The Morgan fingerprint density at radius 1 is 0.444 bits per heavy atom. The molecule has 4 heteroatoms. The third kappa shape index (κ3) is 4.27. The molecule has 7 aromatic carbocycles. The summed E-state index contributed by atoms with van der Waals surface area (Å²) in [5.74, 6) is -0.519. The van der Waals surface area contributed by atoms with Crippen LogP contribution in [0.2, 0.25) is 0 Å². The second-order valence-corrected chi connectivity index (χ2v) is 10.4. The van der Waals surface area contributed by atoms with E-state index in [0.29, 0.717) is 5.56 Å². The van der Waals surface area contributed by atoms with Gasteiger partial charge in [0.2, 0.25) is 0 Å². The largest absolute Gasteiger partial charge is 0.456 e. The Hall–Kier alpha value is -6.13. The van der Waals surface area contributed by atoms with Crippen LogP contribution in [0.15, 0.2) is 156 Å². The third-order valence-corrected chi connectivity index (χ3v) is 7.83. The van der Waals surface area contributed by atoms with Gasteiger partial charge in [0.25, 0.3) is 0 Å². The van der Waals surface area contributed by atoms with E-state index in [4.69, 9.17) is 24.5 Å². The summed E-state index contributed by atoms with van der Waals surface area (Å²) >= 11 is 0. The summed E-state index contributed by atoms with van der Waals surface area (Å²) < 4.78 is 99.5. The highest BCUT2D eigenvalue weighted by Gasteiger charge is 2.18. The zero-order valence-electron chi connectivity index (χ0n) is 34.3. The van der Waals surface area contributed by atoms with Gasteiger partial charge in [-0.3, -0.25) is 0 Å². The van der Waals surface area contributed by atoms with E-state index in [1.807, 2.05) is 36.4 Å². The highest BCUT2D eigenvalue weighted by Crippen LogP contribution is 2.38. The molecule has 0 radical (unpaired) electrons. The van der Waals surface area contributed by atoms with Crippen molar-refractivity contribution in [3.05, 3.63) is 151 Å². The van der Waals surface area contributed by atoms with Gasteiger partial charge in [0.15, 0.2) is 17.5 Å². The van der Waals surface area contributed by atoms with Crippen molar-refractivity contribution >= 4 is 43.5 Å². The molecule has 2 heterocycles. The Labute approximate surface area is 274 Å². The van der Waals surface area contributed by atoms with Crippen LogP contribution in [0.5, 0.6) is 0 Å². The Morgan fingerprint density at radius 2 is 1.11 bits per heavy atom. The fourth-order valence-corrected chi connectivity index (χ4v) is 5.77. The van der Waals surface area contributed by atoms with E-state index in [0.717, 1.165) is 32.7 Å². The molecule has 0 aliphatic rings. The number of aromatic nitrogens is 3. The van der Waals surface area contributed by atoms with Crippen molar-refractivity contribution in [3.63, 3.8) is 0 Å². The molecular formula is C41H25N3O. The van der Waals surface area contributed by atoms with Gasteiger partial charge in [-0.05, 0) is 50.8 Å². The van der Waals surface area contributed by atoms with E-state index in [-0.39, 0.29) is 56.6 Å². The summed E-state index contributed by atoms with van der Waals surface area (Å²) in [6, 6.07) is 21.5. The Morgan fingerprint density at radius 3 is 1.96 bits per heavy atom. The smallest absolute Gasteiger partial charge is 0.164 e. The molecule has 0 aliphatic carbocycles. The maximum atomic E-state index is 9.06. The highest BCUT2D eigenvalue weighted by atomic mass is 16.3. The zero-order chi connectivity index (χ0) is 39.3. The lowest BCUT2D eigenvalue weighted by Crippen LogP contribution is -2.00. The van der Waals surface area contributed by atoms with Gasteiger partial charge < -0.3 is 4.42 Å². The first-order valence-corrected chi connectivity index (χ1v) is 14.1. The Kier molecular flexibility index (Phi) is 3.79. The van der Waals surface area contributed by atoms with Gasteiger partial charge in [0.1, 0.15) is 11.2 Å². The number of fused-ring (bicyclic) bond motifs is 6.